The fraction of sp³-hybridized carbons (Fsp3) is 0.368. The molecule has 2 aliphatic heterocycles. The van der Waals surface area contributed by atoms with E-state index in [2.05, 4.69) is 35.2 Å². The van der Waals surface area contributed by atoms with Crippen LogP contribution < -0.4 is 24.0 Å². The first kappa shape index (κ1) is 15.1. The number of nitrogens with one attached hydrogen (secondary N) is 1. The summed E-state index contributed by atoms with van der Waals surface area (Å²) in [6.45, 7) is 5.75. The molecule has 5 heteroatoms. The number of hydrogen-bond acceptors (Lipinski definition) is 4. The molecular weight excluding hydrogens is 304 g/mol. The number of benzene rings is 2. The van der Waals surface area contributed by atoms with Crippen molar-refractivity contribution in [2.45, 2.75) is 6.54 Å². The van der Waals surface area contributed by atoms with Crippen LogP contribution in [-0.4, -0.2) is 40.1 Å². The molecule has 0 radical (unpaired) electrons. The molecule has 0 spiro atoms. The number of rotatable bonds is 4. The van der Waals surface area contributed by atoms with Crippen molar-refractivity contribution < 1.29 is 19.1 Å². The second-order valence-electron chi connectivity index (χ2n) is 6.30. The van der Waals surface area contributed by atoms with Crippen LogP contribution in [0, 0.1) is 0 Å². The molecule has 4 rings (SSSR count). The van der Waals surface area contributed by atoms with Crippen LogP contribution in [0.4, 0.5) is 5.69 Å². The number of nitrogens with zero attached hydrogens (tertiary/aromatic N) is 1. The summed E-state index contributed by atoms with van der Waals surface area (Å²) in [7, 11) is 1.71. The Morgan fingerprint density at radius 3 is 2.71 bits per heavy atom. The Hall–Kier alpha value is -2.40. The number of fused-ring (bicyclic) bond motifs is 1. The highest BCUT2D eigenvalue weighted by molar-refractivity contribution is 5.51. The molecule has 0 saturated carbocycles. The van der Waals surface area contributed by atoms with E-state index in [0.717, 1.165) is 50.0 Å². The third-order valence-electron chi connectivity index (χ3n) is 4.78. The Kier molecular flexibility index (Phi) is 4.17. The summed E-state index contributed by atoms with van der Waals surface area (Å²) in [6, 6.07) is 14.6. The maximum atomic E-state index is 5.47. The SMILES string of the molecule is COc1cccc(N2CC[NH+](Cc3ccc4c(c3)OCO4)CC2)c1. The van der Waals surface area contributed by atoms with Gasteiger partial charge in [0.05, 0.1) is 33.3 Å². The molecular formula is C19H23N2O3+. The molecule has 2 aromatic rings. The van der Waals surface area contributed by atoms with Crippen LogP contribution in [0.15, 0.2) is 42.5 Å². The van der Waals surface area contributed by atoms with Crippen LogP contribution in [0.2, 0.25) is 0 Å². The minimum absolute atomic E-state index is 0.338. The standard InChI is InChI=1S/C19H22N2O3/c1-22-17-4-2-3-16(12-17)21-9-7-20(8-10-21)13-15-5-6-18-19(11-15)24-14-23-18/h2-6,11-12H,7-10,13-14H2,1H3/p+1. The lowest BCUT2D eigenvalue weighted by molar-refractivity contribution is -0.914. The maximum absolute atomic E-state index is 5.47. The molecule has 0 aliphatic carbocycles. The van der Waals surface area contributed by atoms with E-state index in [1.165, 1.54) is 11.3 Å². The van der Waals surface area contributed by atoms with Gasteiger partial charge in [-0.05, 0) is 30.3 Å². The molecule has 24 heavy (non-hydrogen) atoms. The maximum Gasteiger partial charge on any atom is 0.231 e. The van der Waals surface area contributed by atoms with Gasteiger partial charge < -0.3 is 24.0 Å². The second kappa shape index (κ2) is 6.61. The Balaban J connectivity index is 1.36. The fourth-order valence-electron chi connectivity index (χ4n) is 3.40. The molecule has 1 fully saturated rings. The van der Waals surface area contributed by atoms with Crippen molar-refractivity contribution in [3.8, 4) is 17.2 Å². The topological polar surface area (TPSA) is 35.4 Å². The van der Waals surface area contributed by atoms with E-state index < -0.39 is 0 Å². The summed E-state index contributed by atoms with van der Waals surface area (Å²) < 4.78 is 16.2. The van der Waals surface area contributed by atoms with E-state index in [1.54, 1.807) is 12.0 Å². The number of ether oxygens (including phenoxy) is 3. The molecule has 5 nitrogen and oxygen atoms in total. The molecule has 1 saturated heterocycles. The van der Waals surface area contributed by atoms with E-state index in [-0.39, 0.29) is 0 Å². The number of quaternary nitrogens is 1. The lowest BCUT2D eigenvalue weighted by atomic mass is 10.1. The van der Waals surface area contributed by atoms with Gasteiger partial charge in [0.2, 0.25) is 6.79 Å². The number of piperazine rings is 1. The zero-order valence-corrected chi connectivity index (χ0v) is 14.0. The third-order valence-corrected chi connectivity index (χ3v) is 4.78. The van der Waals surface area contributed by atoms with E-state index in [0.29, 0.717) is 6.79 Å². The lowest BCUT2D eigenvalue weighted by Gasteiger charge is -2.33. The number of anilines is 1. The zero-order chi connectivity index (χ0) is 16.4. The molecule has 1 N–H and O–H groups in total. The fourth-order valence-corrected chi connectivity index (χ4v) is 3.40. The van der Waals surface area contributed by atoms with Gasteiger partial charge in [0, 0.05) is 17.3 Å². The van der Waals surface area contributed by atoms with Gasteiger partial charge in [0.15, 0.2) is 11.5 Å². The van der Waals surface area contributed by atoms with Crippen molar-refractivity contribution in [2.75, 3.05) is 45.0 Å². The largest absolute Gasteiger partial charge is 0.497 e. The summed E-state index contributed by atoms with van der Waals surface area (Å²) >= 11 is 0. The second-order valence-corrected chi connectivity index (χ2v) is 6.30. The van der Waals surface area contributed by atoms with Gasteiger partial charge in [0.1, 0.15) is 12.3 Å². The predicted octanol–water partition coefficient (Wildman–Crippen LogP) is 1.33. The first-order valence-electron chi connectivity index (χ1n) is 8.43. The molecule has 0 bridgehead atoms. The molecule has 2 aromatic carbocycles. The van der Waals surface area contributed by atoms with E-state index in [4.69, 9.17) is 14.2 Å². The summed E-state index contributed by atoms with van der Waals surface area (Å²) in [5.41, 5.74) is 2.56. The summed E-state index contributed by atoms with van der Waals surface area (Å²) in [5, 5.41) is 0. The van der Waals surface area contributed by atoms with Gasteiger partial charge in [-0.2, -0.15) is 0 Å². The normalized spacial score (nSPS) is 17.1. The monoisotopic (exact) mass is 327 g/mol. The van der Waals surface area contributed by atoms with Crippen molar-refractivity contribution in [1.29, 1.82) is 0 Å². The average Bonchev–Trinajstić information content (AvgIpc) is 3.10. The minimum atomic E-state index is 0.338. The average molecular weight is 327 g/mol. The highest BCUT2D eigenvalue weighted by Crippen LogP contribution is 2.32. The minimum Gasteiger partial charge on any atom is -0.497 e. The van der Waals surface area contributed by atoms with E-state index in [1.807, 2.05) is 12.1 Å². The zero-order valence-electron chi connectivity index (χ0n) is 14.0. The Labute approximate surface area is 142 Å². The van der Waals surface area contributed by atoms with Crippen LogP contribution >= 0.6 is 0 Å². The van der Waals surface area contributed by atoms with Crippen LogP contribution in [0.3, 0.4) is 0 Å². The molecule has 0 atom stereocenters. The molecule has 0 aromatic heterocycles. The lowest BCUT2D eigenvalue weighted by Crippen LogP contribution is -3.13. The van der Waals surface area contributed by atoms with E-state index in [9.17, 15) is 0 Å². The van der Waals surface area contributed by atoms with Crippen molar-refractivity contribution in [3.63, 3.8) is 0 Å². The van der Waals surface area contributed by atoms with Crippen LogP contribution in [0.5, 0.6) is 17.2 Å². The van der Waals surface area contributed by atoms with Gasteiger partial charge >= 0.3 is 0 Å². The molecule has 126 valence electrons. The molecule has 2 aliphatic rings. The van der Waals surface area contributed by atoms with Gasteiger partial charge in [0.25, 0.3) is 0 Å². The van der Waals surface area contributed by atoms with Crippen molar-refractivity contribution in [3.05, 3.63) is 48.0 Å². The van der Waals surface area contributed by atoms with E-state index >= 15 is 0 Å². The summed E-state index contributed by atoms with van der Waals surface area (Å²) in [6.07, 6.45) is 0. The van der Waals surface area contributed by atoms with Crippen LogP contribution in [-0.2, 0) is 6.54 Å². The van der Waals surface area contributed by atoms with Crippen LogP contribution in [0.25, 0.3) is 0 Å². The molecule has 0 amide bonds. The quantitative estimate of drug-likeness (QED) is 0.919. The van der Waals surface area contributed by atoms with Crippen molar-refractivity contribution in [2.24, 2.45) is 0 Å². The van der Waals surface area contributed by atoms with Gasteiger partial charge in [-0.25, -0.2) is 0 Å². The number of methoxy groups -OCH3 is 1. The highest BCUT2D eigenvalue weighted by Gasteiger charge is 2.22. The highest BCUT2D eigenvalue weighted by atomic mass is 16.7. The summed E-state index contributed by atoms with van der Waals surface area (Å²) in [5.74, 6) is 2.65. The first-order valence-corrected chi connectivity index (χ1v) is 8.43. The third kappa shape index (κ3) is 3.12. The smallest absolute Gasteiger partial charge is 0.231 e. The van der Waals surface area contributed by atoms with Crippen molar-refractivity contribution in [1.82, 2.24) is 0 Å². The van der Waals surface area contributed by atoms with Gasteiger partial charge in [-0.3, -0.25) is 0 Å². The van der Waals surface area contributed by atoms with Gasteiger partial charge in [-0.15, -0.1) is 0 Å². The predicted molar refractivity (Wildman–Crippen MR) is 92.2 cm³/mol. The number of hydrogen-bond donors (Lipinski definition) is 1. The Morgan fingerprint density at radius 2 is 1.88 bits per heavy atom. The van der Waals surface area contributed by atoms with Crippen LogP contribution in [0.1, 0.15) is 5.56 Å². The van der Waals surface area contributed by atoms with Gasteiger partial charge in [-0.1, -0.05) is 6.07 Å². The Morgan fingerprint density at radius 1 is 1.04 bits per heavy atom. The molecule has 2 heterocycles. The van der Waals surface area contributed by atoms with Crippen molar-refractivity contribution >= 4 is 5.69 Å². The first-order chi connectivity index (χ1) is 11.8. The Bertz CT molecular complexity index is 712. The molecule has 0 unspecified atom stereocenters. The summed E-state index contributed by atoms with van der Waals surface area (Å²) in [4.78, 5) is 4.04.